The van der Waals surface area contributed by atoms with Crippen molar-refractivity contribution in [3.8, 4) is 0 Å². The first-order chi connectivity index (χ1) is 13.4. The molecule has 3 atom stereocenters. The molecule has 0 spiro atoms. The van der Waals surface area contributed by atoms with E-state index in [1.54, 1.807) is 6.92 Å². The Bertz CT molecular complexity index is 664. The van der Waals surface area contributed by atoms with Gasteiger partial charge in [0, 0.05) is 6.04 Å². The lowest BCUT2D eigenvalue weighted by Crippen LogP contribution is -2.53. The lowest BCUT2D eigenvalue weighted by molar-refractivity contribution is -0.149. The number of likely N-dealkylation sites (tertiary alicyclic amines) is 1. The normalized spacial score (nSPS) is 21.1. The van der Waals surface area contributed by atoms with Crippen molar-refractivity contribution in [1.82, 2.24) is 10.2 Å². The second-order valence-electron chi connectivity index (χ2n) is 7.19. The molecule has 1 saturated heterocycles. The van der Waals surface area contributed by atoms with Crippen LogP contribution >= 0.6 is 0 Å². The van der Waals surface area contributed by atoms with Crippen molar-refractivity contribution in [2.45, 2.75) is 64.1 Å². The number of carbonyl (C=O) groups is 3. The zero-order valence-corrected chi connectivity index (χ0v) is 16.6. The molecule has 154 valence electrons. The third-order valence-electron chi connectivity index (χ3n) is 5.07. The maximum atomic E-state index is 12.9. The van der Waals surface area contributed by atoms with Crippen LogP contribution in [0.4, 0.5) is 0 Å². The molecule has 3 unspecified atom stereocenters. The van der Waals surface area contributed by atoms with Crippen LogP contribution in [0.2, 0.25) is 0 Å². The second kappa shape index (κ2) is 10.8. The maximum Gasteiger partial charge on any atom is 0.323 e. The molecule has 0 saturated carbocycles. The summed E-state index contributed by atoms with van der Waals surface area (Å²) in [6, 6.07) is 8.48. The molecule has 0 aromatic heterocycles. The van der Waals surface area contributed by atoms with Gasteiger partial charge < -0.3 is 14.7 Å². The average Bonchev–Trinajstić information content (AvgIpc) is 2.79. The van der Waals surface area contributed by atoms with Crippen molar-refractivity contribution in [3.63, 3.8) is 0 Å². The van der Waals surface area contributed by atoms with Crippen molar-refractivity contribution >= 4 is 17.8 Å². The van der Waals surface area contributed by atoms with Crippen LogP contribution in [-0.2, 0) is 25.5 Å². The number of aryl methyl sites for hydroxylation is 1. The molecular weight excluding hydrogens is 360 g/mol. The number of carbonyl (C=O) groups excluding carboxylic acids is 2. The summed E-state index contributed by atoms with van der Waals surface area (Å²) in [6.07, 6.45) is 3.27. The van der Waals surface area contributed by atoms with Crippen molar-refractivity contribution in [1.29, 1.82) is 0 Å². The van der Waals surface area contributed by atoms with E-state index in [1.165, 1.54) is 4.90 Å². The Morgan fingerprint density at radius 1 is 1.29 bits per heavy atom. The molecule has 28 heavy (non-hydrogen) atoms. The fourth-order valence-corrected chi connectivity index (χ4v) is 3.56. The van der Waals surface area contributed by atoms with Crippen LogP contribution in [0.1, 0.15) is 45.1 Å². The quantitative estimate of drug-likeness (QED) is 0.626. The Morgan fingerprint density at radius 3 is 2.64 bits per heavy atom. The van der Waals surface area contributed by atoms with E-state index >= 15 is 0 Å². The van der Waals surface area contributed by atoms with Gasteiger partial charge in [-0.25, -0.2) is 0 Å². The minimum atomic E-state index is -1.04. The van der Waals surface area contributed by atoms with E-state index < -0.39 is 18.1 Å². The van der Waals surface area contributed by atoms with E-state index in [9.17, 15) is 14.4 Å². The smallest absolute Gasteiger partial charge is 0.323 e. The molecule has 1 aliphatic rings. The molecule has 2 N–H and O–H groups in total. The van der Waals surface area contributed by atoms with Gasteiger partial charge in [-0.15, -0.1) is 0 Å². The van der Waals surface area contributed by atoms with E-state index in [1.807, 2.05) is 37.3 Å². The molecule has 0 aliphatic carbocycles. The Morgan fingerprint density at radius 2 is 2.00 bits per heavy atom. The van der Waals surface area contributed by atoms with Gasteiger partial charge in [-0.05, 0) is 51.5 Å². The minimum Gasteiger partial charge on any atom is -0.480 e. The number of nitrogens with one attached hydrogen (secondary N) is 1. The van der Waals surface area contributed by atoms with Gasteiger partial charge in [-0.3, -0.25) is 19.7 Å². The first-order valence-electron chi connectivity index (χ1n) is 9.91. The first kappa shape index (κ1) is 21.9. The van der Waals surface area contributed by atoms with Crippen molar-refractivity contribution in [2.24, 2.45) is 0 Å². The second-order valence-corrected chi connectivity index (χ2v) is 7.19. The van der Waals surface area contributed by atoms with Gasteiger partial charge in [0.2, 0.25) is 5.91 Å². The molecule has 1 heterocycles. The lowest BCUT2D eigenvalue weighted by atomic mass is 10.0. The Hall–Kier alpha value is -2.41. The molecule has 1 aromatic rings. The van der Waals surface area contributed by atoms with E-state index in [0.717, 1.165) is 18.4 Å². The zero-order chi connectivity index (χ0) is 20.5. The average molecular weight is 390 g/mol. The number of nitrogens with zero attached hydrogens (tertiary/aromatic N) is 1. The van der Waals surface area contributed by atoms with Crippen LogP contribution < -0.4 is 5.32 Å². The number of hydrogen-bond donors (Lipinski definition) is 2. The fraction of sp³-hybridized carbons (Fsp3) is 0.571. The van der Waals surface area contributed by atoms with E-state index in [2.05, 4.69) is 5.32 Å². The Labute approximate surface area is 166 Å². The SMILES string of the molecule is CCOC(=O)C(CCc1ccccc1)NC1CCCC(C)N(CC(=O)O)C1=O. The van der Waals surface area contributed by atoms with E-state index in [4.69, 9.17) is 9.84 Å². The van der Waals surface area contributed by atoms with Crippen LogP contribution in [0.15, 0.2) is 30.3 Å². The third-order valence-corrected chi connectivity index (χ3v) is 5.07. The number of aliphatic carboxylic acids is 1. The van der Waals surface area contributed by atoms with Crippen LogP contribution in [0, 0.1) is 0 Å². The molecule has 0 bridgehead atoms. The summed E-state index contributed by atoms with van der Waals surface area (Å²) in [5.74, 6) is -1.68. The molecule has 0 radical (unpaired) electrons. The number of carboxylic acid groups (broad SMARTS) is 1. The predicted octanol–water partition coefficient (Wildman–Crippen LogP) is 1.99. The number of benzene rings is 1. The molecular formula is C21H30N2O5. The van der Waals surface area contributed by atoms with E-state index in [0.29, 0.717) is 19.3 Å². The summed E-state index contributed by atoms with van der Waals surface area (Å²) < 4.78 is 5.19. The standard InChI is InChI=1S/C21H30N2O5/c1-3-28-21(27)18(13-12-16-9-5-4-6-10-16)22-17-11-7-8-15(2)23(20(17)26)14-19(24)25/h4-6,9-10,15,17-18,22H,3,7-8,11-14H2,1-2H3,(H,24,25). The van der Waals surface area contributed by atoms with Gasteiger partial charge in [0.1, 0.15) is 12.6 Å². The van der Waals surface area contributed by atoms with Gasteiger partial charge >= 0.3 is 11.9 Å². The molecule has 7 heteroatoms. The number of amides is 1. The largest absolute Gasteiger partial charge is 0.480 e. The number of ether oxygens (including phenoxy) is 1. The zero-order valence-electron chi connectivity index (χ0n) is 16.6. The van der Waals surface area contributed by atoms with Crippen molar-refractivity contribution in [3.05, 3.63) is 35.9 Å². The minimum absolute atomic E-state index is 0.138. The number of hydrogen-bond acceptors (Lipinski definition) is 5. The highest BCUT2D eigenvalue weighted by Crippen LogP contribution is 2.19. The van der Waals surface area contributed by atoms with E-state index in [-0.39, 0.29) is 31.1 Å². The molecule has 2 rings (SSSR count). The van der Waals surface area contributed by atoms with Crippen molar-refractivity contribution < 1.29 is 24.2 Å². The van der Waals surface area contributed by atoms with Crippen LogP contribution in [0.3, 0.4) is 0 Å². The summed E-state index contributed by atoms with van der Waals surface area (Å²) in [6.45, 7) is 3.55. The molecule has 1 fully saturated rings. The summed E-state index contributed by atoms with van der Waals surface area (Å²) >= 11 is 0. The van der Waals surface area contributed by atoms with Gasteiger partial charge in [-0.2, -0.15) is 0 Å². The van der Waals surface area contributed by atoms with Gasteiger partial charge in [0.15, 0.2) is 0 Å². The summed E-state index contributed by atoms with van der Waals surface area (Å²) in [7, 11) is 0. The molecule has 7 nitrogen and oxygen atoms in total. The van der Waals surface area contributed by atoms with Gasteiger partial charge in [-0.1, -0.05) is 30.3 Å². The fourth-order valence-electron chi connectivity index (χ4n) is 3.56. The van der Waals surface area contributed by atoms with Crippen LogP contribution in [-0.4, -0.2) is 59.1 Å². The Kier molecular flexibility index (Phi) is 8.44. The molecule has 1 aromatic carbocycles. The highest BCUT2D eigenvalue weighted by molar-refractivity contribution is 5.86. The first-order valence-corrected chi connectivity index (χ1v) is 9.91. The molecule has 1 amide bonds. The van der Waals surface area contributed by atoms with Crippen LogP contribution in [0.25, 0.3) is 0 Å². The highest BCUT2D eigenvalue weighted by atomic mass is 16.5. The number of rotatable bonds is 9. The number of esters is 1. The summed E-state index contributed by atoms with van der Waals surface area (Å²) in [4.78, 5) is 37.9. The van der Waals surface area contributed by atoms with Gasteiger partial charge in [0.05, 0.1) is 12.6 Å². The third kappa shape index (κ3) is 6.34. The lowest BCUT2D eigenvalue weighted by Gasteiger charge is -2.29. The van der Waals surface area contributed by atoms with Crippen LogP contribution in [0.5, 0.6) is 0 Å². The number of carboxylic acids is 1. The molecule has 1 aliphatic heterocycles. The summed E-state index contributed by atoms with van der Waals surface area (Å²) in [5.41, 5.74) is 1.10. The summed E-state index contributed by atoms with van der Waals surface area (Å²) in [5, 5.41) is 12.3. The van der Waals surface area contributed by atoms with Gasteiger partial charge in [0.25, 0.3) is 0 Å². The topological polar surface area (TPSA) is 95.9 Å². The predicted molar refractivity (Wildman–Crippen MR) is 105 cm³/mol. The maximum absolute atomic E-state index is 12.9. The Balaban J connectivity index is 2.10. The van der Waals surface area contributed by atoms with Crippen molar-refractivity contribution in [2.75, 3.05) is 13.2 Å². The monoisotopic (exact) mass is 390 g/mol. The highest BCUT2D eigenvalue weighted by Gasteiger charge is 2.34.